The first-order valence-electron chi connectivity index (χ1n) is 8.34. The molecule has 0 aliphatic carbocycles. The zero-order valence-corrected chi connectivity index (χ0v) is 16.2. The quantitative estimate of drug-likeness (QED) is 0.328. The van der Waals surface area contributed by atoms with Gasteiger partial charge in [-0.05, 0) is 18.2 Å². The highest BCUT2D eigenvalue weighted by Crippen LogP contribution is 2.38. The number of nitrogens with one attached hydrogen (secondary N) is 2. The number of hydrogen-bond acceptors (Lipinski definition) is 6. The fourth-order valence-corrected chi connectivity index (χ4v) is 2.42. The van der Waals surface area contributed by atoms with Gasteiger partial charge in [0, 0.05) is 18.0 Å². The summed E-state index contributed by atoms with van der Waals surface area (Å²) in [6.07, 6.45) is -4.05. The molecule has 3 aromatic rings. The number of halogens is 7. The first kappa shape index (κ1) is 23.0. The monoisotopic (exact) mass is 477 g/mol. The smallest absolute Gasteiger partial charge is 0.280 e. The summed E-state index contributed by atoms with van der Waals surface area (Å²) in [7, 11) is 0. The molecule has 3 rings (SSSR count). The van der Waals surface area contributed by atoms with E-state index in [1.54, 1.807) is 0 Å². The van der Waals surface area contributed by atoms with Gasteiger partial charge in [-0.2, -0.15) is 26.3 Å². The second-order valence-corrected chi connectivity index (χ2v) is 6.40. The molecule has 0 saturated heterocycles. The Morgan fingerprint density at radius 1 is 1.00 bits per heavy atom. The maximum atomic E-state index is 13.0. The van der Waals surface area contributed by atoms with Crippen molar-refractivity contribution in [2.24, 2.45) is 0 Å². The molecule has 0 bridgehead atoms. The van der Waals surface area contributed by atoms with Gasteiger partial charge in [-0.1, -0.05) is 11.6 Å². The molecule has 32 heavy (non-hydrogen) atoms. The third-order valence-electron chi connectivity index (χ3n) is 3.68. The van der Waals surface area contributed by atoms with E-state index in [2.05, 4.69) is 30.9 Å². The van der Waals surface area contributed by atoms with Crippen molar-refractivity contribution in [2.45, 2.75) is 12.4 Å². The topological polar surface area (TPSA) is 97.6 Å². The predicted molar refractivity (Wildman–Crippen MR) is 99.4 cm³/mol. The lowest BCUT2D eigenvalue weighted by molar-refractivity contribution is -0.143. The Morgan fingerprint density at radius 3 is 2.22 bits per heavy atom. The molecule has 0 spiro atoms. The van der Waals surface area contributed by atoms with Crippen LogP contribution in [0.4, 0.5) is 32.2 Å². The highest BCUT2D eigenvalue weighted by molar-refractivity contribution is 6.43. The molecule has 0 saturated carbocycles. The molecule has 1 amide bonds. The van der Waals surface area contributed by atoms with Gasteiger partial charge in [0.2, 0.25) is 0 Å². The number of benzene rings is 1. The van der Waals surface area contributed by atoms with Gasteiger partial charge in [0.25, 0.3) is 5.91 Å². The summed E-state index contributed by atoms with van der Waals surface area (Å²) in [6.45, 7) is 0. The molecule has 0 fully saturated rings. The van der Waals surface area contributed by atoms with Crippen LogP contribution in [0.25, 0.3) is 17.6 Å². The molecule has 2 heterocycles. The Morgan fingerprint density at radius 2 is 1.66 bits per heavy atom. The lowest BCUT2D eigenvalue weighted by Crippen LogP contribution is -2.30. The van der Waals surface area contributed by atoms with E-state index in [0.717, 1.165) is 17.2 Å². The number of hydrogen-bond donors (Lipinski definition) is 2. The van der Waals surface area contributed by atoms with Crippen molar-refractivity contribution in [3.63, 3.8) is 0 Å². The second-order valence-electron chi connectivity index (χ2n) is 5.99. The number of carbonyl (C=O) groups is 1. The molecule has 0 radical (unpaired) electrons. The Bertz CT molecular complexity index is 1110. The van der Waals surface area contributed by atoms with Crippen molar-refractivity contribution >= 4 is 29.5 Å². The number of carbonyl (C=O) groups excluding carboxylic acids is 1. The molecule has 8 nitrogen and oxygen atoms in total. The summed E-state index contributed by atoms with van der Waals surface area (Å²) in [6, 6.07) is 0.960. The van der Waals surface area contributed by atoms with E-state index in [-0.39, 0.29) is 11.9 Å². The number of alkyl halides is 6. The van der Waals surface area contributed by atoms with Crippen molar-refractivity contribution in [2.75, 3.05) is 5.43 Å². The van der Waals surface area contributed by atoms with Crippen LogP contribution in [0.3, 0.4) is 0 Å². The molecular formula is C17H10ClF6N7O. The number of hydrazine groups is 1. The minimum absolute atomic E-state index is 0.00822. The third-order valence-corrected chi connectivity index (χ3v) is 3.95. The summed E-state index contributed by atoms with van der Waals surface area (Å²) < 4.78 is 78.9. The Hall–Kier alpha value is -3.68. The van der Waals surface area contributed by atoms with E-state index in [1.165, 1.54) is 18.6 Å². The number of amides is 1. The number of aromatic nitrogens is 5. The molecule has 0 unspecified atom stereocenters. The minimum atomic E-state index is -5.02. The molecule has 168 valence electrons. The first-order valence-corrected chi connectivity index (χ1v) is 8.72. The maximum Gasteiger partial charge on any atom is 0.416 e. The van der Waals surface area contributed by atoms with Gasteiger partial charge >= 0.3 is 12.4 Å². The number of nitrogens with zero attached hydrogens (tertiary/aromatic N) is 5. The van der Waals surface area contributed by atoms with Crippen molar-refractivity contribution in [3.8, 4) is 11.4 Å². The summed E-state index contributed by atoms with van der Waals surface area (Å²) >= 11 is 5.84. The zero-order valence-electron chi connectivity index (χ0n) is 15.4. The maximum absolute atomic E-state index is 13.0. The van der Waals surface area contributed by atoms with Crippen molar-refractivity contribution < 1.29 is 31.1 Å². The fraction of sp³-hybridized carbons (Fsp3) is 0.118. The third kappa shape index (κ3) is 5.72. The Labute approximate surface area is 179 Å². The molecule has 15 heteroatoms. The van der Waals surface area contributed by atoms with E-state index >= 15 is 0 Å². The first-order chi connectivity index (χ1) is 14.9. The molecule has 2 aromatic heterocycles. The van der Waals surface area contributed by atoms with Crippen LogP contribution in [0.2, 0.25) is 0 Å². The van der Waals surface area contributed by atoms with Crippen LogP contribution in [0, 0.1) is 0 Å². The zero-order chi connectivity index (χ0) is 23.5. The fourth-order valence-electron chi connectivity index (χ4n) is 2.27. The van der Waals surface area contributed by atoms with Gasteiger partial charge in [0.1, 0.15) is 11.4 Å². The highest BCUT2D eigenvalue weighted by atomic mass is 35.5. The van der Waals surface area contributed by atoms with Gasteiger partial charge in [-0.15, -0.1) is 5.10 Å². The lowest BCUT2D eigenvalue weighted by Gasteiger charge is -2.13. The van der Waals surface area contributed by atoms with Gasteiger partial charge in [-0.25, -0.2) is 14.6 Å². The van der Waals surface area contributed by atoms with Gasteiger partial charge in [0.05, 0.1) is 23.5 Å². The molecule has 0 atom stereocenters. The van der Waals surface area contributed by atoms with Crippen LogP contribution in [0.5, 0.6) is 0 Å². The van der Waals surface area contributed by atoms with Crippen LogP contribution in [-0.2, 0) is 17.1 Å². The van der Waals surface area contributed by atoms with Crippen LogP contribution in [0.1, 0.15) is 11.1 Å². The van der Waals surface area contributed by atoms with Crippen LogP contribution >= 0.6 is 11.6 Å². The number of anilines is 1. The van der Waals surface area contributed by atoms with E-state index in [9.17, 15) is 31.1 Å². The summed E-state index contributed by atoms with van der Waals surface area (Å²) in [5.41, 5.74) is 1.08. The standard InChI is InChI=1S/C17H10ClF6N7O/c18-12(15(32)29-28-13-6-25-1-2-26-13)7-31-8-27-14(30-31)9-3-10(16(19,20)21)5-11(4-9)17(22,23)24/h1-8H,(H,26,28)(H,29,32)/b12-7+. The SMILES string of the molecule is O=C(NNc1cnccn1)/C(Cl)=C\n1cnc(-c2cc(C(F)(F)F)cc(C(F)(F)F)c2)n1. The summed E-state index contributed by atoms with van der Waals surface area (Å²) in [5, 5.41) is 3.32. The van der Waals surface area contributed by atoms with E-state index in [1.807, 2.05) is 0 Å². The Balaban J connectivity index is 1.82. The predicted octanol–water partition coefficient (Wildman–Crippen LogP) is 3.95. The van der Waals surface area contributed by atoms with Crippen LogP contribution in [-0.4, -0.2) is 30.6 Å². The van der Waals surface area contributed by atoms with E-state index in [4.69, 9.17) is 11.6 Å². The van der Waals surface area contributed by atoms with Crippen molar-refractivity contribution in [1.82, 2.24) is 30.2 Å². The van der Waals surface area contributed by atoms with Gasteiger partial charge < -0.3 is 0 Å². The van der Waals surface area contributed by atoms with Gasteiger partial charge in [0.15, 0.2) is 11.6 Å². The van der Waals surface area contributed by atoms with Crippen LogP contribution < -0.4 is 10.9 Å². The molecule has 0 aliphatic heterocycles. The van der Waals surface area contributed by atoms with Crippen LogP contribution in [0.15, 0.2) is 48.1 Å². The van der Waals surface area contributed by atoms with Crippen molar-refractivity contribution in [3.05, 3.63) is 59.3 Å². The average molecular weight is 478 g/mol. The highest BCUT2D eigenvalue weighted by Gasteiger charge is 2.37. The average Bonchev–Trinajstić information content (AvgIpc) is 3.19. The normalized spacial score (nSPS) is 12.5. The van der Waals surface area contributed by atoms with E-state index < -0.39 is 45.8 Å². The number of rotatable bonds is 5. The molecule has 2 N–H and O–H groups in total. The largest absolute Gasteiger partial charge is 0.416 e. The summed E-state index contributed by atoms with van der Waals surface area (Å²) in [5.74, 6) is -1.08. The lowest BCUT2D eigenvalue weighted by atomic mass is 10.0. The summed E-state index contributed by atoms with van der Waals surface area (Å²) in [4.78, 5) is 23.3. The Kier molecular flexibility index (Phi) is 6.34. The van der Waals surface area contributed by atoms with Crippen molar-refractivity contribution in [1.29, 1.82) is 0 Å². The molecule has 0 aliphatic rings. The molecule has 1 aromatic carbocycles. The van der Waals surface area contributed by atoms with E-state index in [0.29, 0.717) is 12.1 Å². The second kappa shape index (κ2) is 8.82. The molecular weight excluding hydrogens is 468 g/mol. The van der Waals surface area contributed by atoms with Gasteiger partial charge in [-0.3, -0.25) is 20.6 Å². The minimum Gasteiger partial charge on any atom is -0.280 e.